The predicted molar refractivity (Wildman–Crippen MR) is 115 cm³/mol. The average molecular weight is 456 g/mol. The van der Waals surface area contributed by atoms with Gasteiger partial charge in [-0.1, -0.05) is 18.2 Å². The summed E-state index contributed by atoms with van der Waals surface area (Å²) < 4.78 is 42.6. The van der Waals surface area contributed by atoms with Crippen LogP contribution in [0, 0.1) is 13.8 Å². The van der Waals surface area contributed by atoms with Crippen LogP contribution in [0.15, 0.2) is 69.6 Å². The van der Waals surface area contributed by atoms with E-state index in [-0.39, 0.29) is 22.8 Å². The maximum absolute atomic E-state index is 13.0. The van der Waals surface area contributed by atoms with E-state index in [1.165, 1.54) is 16.8 Å². The lowest BCUT2D eigenvalue weighted by Gasteiger charge is -2.08. The number of para-hydroxylation sites is 1. The van der Waals surface area contributed by atoms with Gasteiger partial charge in [-0.2, -0.15) is 23.0 Å². The molecule has 1 N–H and O–H groups in total. The van der Waals surface area contributed by atoms with Crippen LogP contribution in [0.25, 0.3) is 11.4 Å². The van der Waals surface area contributed by atoms with Gasteiger partial charge in [0.2, 0.25) is 5.88 Å². The summed E-state index contributed by atoms with van der Waals surface area (Å²) in [5, 5.41) is 22.8. The van der Waals surface area contributed by atoms with Gasteiger partial charge >= 0.3 is 6.18 Å². The second-order valence-corrected chi connectivity index (χ2v) is 7.32. The van der Waals surface area contributed by atoms with Crippen LogP contribution >= 0.6 is 0 Å². The SMILES string of the molecule is Cc1nn(-c2ccc(C(F)(F)F)cc2)c(O)c1/N=N/c1c(C)n(C)n(-c2ccccc2)c1=O. The van der Waals surface area contributed by atoms with Gasteiger partial charge in [0.25, 0.3) is 5.56 Å². The maximum atomic E-state index is 13.0. The van der Waals surface area contributed by atoms with Crippen LogP contribution in [0.2, 0.25) is 0 Å². The average Bonchev–Trinajstić information content (AvgIpc) is 3.18. The number of azo groups is 1. The number of benzene rings is 2. The first-order valence-electron chi connectivity index (χ1n) is 9.81. The number of aryl methyl sites for hydroxylation is 1. The molecule has 0 aliphatic heterocycles. The monoisotopic (exact) mass is 456 g/mol. The summed E-state index contributed by atoms with van der Waals surface area (Å²) >= 11 is 0. The molecule has 11 heteroatoms. The topological polar surface area (TPSA) is 89.7 Å². The molecule has 0 bridgehead atoms. The van der Waals surface area contributed by atoms with Gasteiger partial charge in [-0.15, -0.1) is 10.2 Å². The molecule has 8 nitrogen and oxygen atoms in total. The van der Waals surface area contributed by atoms with Crippen LogP contribution in [0.4, 0.5) is 24.5 Å². The molecule has 0 aliphatic rings. The molecule has 0 radical (unpaired) electrons. The lowest BCUT2D eigenvalue weighted by Crippen LogP contribution is -2.19. The van der Waals surface area contributed by atoms with Crippen LogP contribution in [-0.2, 0) is 13.2 Å². The Balaban J connectivity index is 1.71. The van der Waals surface area contributed by atoms with Gasteiger partial charge < -0.3 is 5.11 Å². The number of rotatable bonds is 4. The second-order valence-electron chi connectivity index (χ2n) is 7.32. The molecule has 170 valence electrons. The van der Waals surface area contributed by atoms with Gasteiger partial charge in [0, 0.05) is 7.05 Å². The molecule has 0 atom stereocenters. The molecule has 0 spiro atoms. The molecule has 0 amide bonds. The zero-order valence-corrected chi connectivity index (χ0v) is 17.9. The van der Waals surface area contributed by atoms with Crippen molar-refractivity contribution in [1.29, 1.82) is 0 Å². The van der Waals surface area contributed by atoms with Crippen molar-refractivity contribution in [3.05, 3.63) is 81.9 Å². The van der Waals surface area contributed by atoms with E-state index < -0.39 is 23.2 Å². The van der Waals surface area contributed by atoms with Crippen LogP contribution in [0.1, 0.15) is 17.0 Å². The summed E-state index contributed by atoms with van der Waals surface area (Å²) in [6.45, 7) is 3.28. The third-order valence-electron chi connectivity index (χ3n) is 5.22. The van der Waals surface area contributed by atoms with Crippen LogP contribution in [0.3, 0.4) is 0 Å². The van der Waals surface area contributed by atoms with E-state index in [9.17, 15) is 23.1 Å². The lowest BCUT2D eigenvalue weighted by atomic mass is 10.2. The Kier molecular flexibility index (Phi) is 5.40. The summed E-state index contributed by atoms with van der Waals surface area (Å²) in [7, 11) is 1.72. The van der Waals surface area contributed by atoms with E-state index in [0.29, 0.717) is 11.4 Å². The van der Waals surface area contributed by atoms with Gasteiger partial charge in [-0.3, -0.25) is 9.48 Å². The van der Waals surface area contributed by atoms with Crippen molar-refractivity contribution in [2.75, 3.05) is 0 Å². The summed E-state index contributed by atoms with van der Waals surface area (Å²) in [4.78, 5) is 13.0. The highest BCUT2D eigenvalue weighted by Crippen LogP contribution is 2.35. The van der Waals surface area contributed by atoms with Gasteiger partial charge in [0.1, 0.15) is 0 Å². The van der Waals surface area contributed by atoms with Gasteiger partial charge in [0.15, 0.2) is 11.4 Å². The minimum atomic E-state index is -4.47. The Morgan fingerprint density at radius 3 is 2.12 bits per heavy atom. The zero-order chi connectivity index (χ0) is 23.9. The highest BCUT2D eigenvalue weighted by molar-refractivity contribution is 5.55. The van der Waals surface area contributed by atoms with Crippen molar-refractivity contribution in [3.63, 3.8) is 0 Å². The number of hydrogen-bond donors (Lipinski definition) is 1. The Labute approximate surface area is 185 Å². The quantitative estimate of drug-likeness (QED) is 0.432. The Hall–Kier alpha value is -4.15. The van der Waals surface area contributed by atoms with E-state index in [1.54, 1.807) is 37.7 Å². The molecule has 0 saturated heterocycles. The van der Waals surface area contributed by atoms with Gasteiger partial charge in [0.05, 0.1) is 28.3 Å². The van der Waals surface area contributed by atoms with Gasteiger partial charge in [-0.25, -0.2) is 4.68 Å². The molecule has 4 rings (SSSR count). The molecular weight excluding hydrogens is 437 g/mol. The van der Waals surface area contributed by atoms with E-state index in [4.69, 9.17) is 0 Å². The fraction of sp³-hybridized carbons (Fsp3) is 0.182. The predicted octanol–water partition coefficient (Wildman–Crippen LogP) is 5.12. The summed E-state index contributed by atoms with van der Waals surface area (Å²) in [5.41, 5.74) is 0.594. The normalized spacial score (nSPS) is 12.1. The van der Waals surface area contributed by atoms with Crippen LogP contribution in [0.5, 0.6) is 5.88 Å². The van der Waals surface area contributed by atoms with Crippen molar-refractivity contribution >= 4 is 11.4 Å². The number of hydrogen-bond acceptors (Lipinski definition) is 5. The van der Waals surface area contributed by atoms with Gasteiger partial charge in [-0.05, 0) is 50.2 Å². The minimum Gasteiger partial charge on any atom is -0.492 e. The third kappa shape index (κ3) is 3.93. The third-order valence-corrected chi connectivity index (χ3v) is 5.22. The first kappa shape index (κ1) is 22.1. The molecule has 0 unspecified atom stereocenters. The van der Waals surface area contributed by atoms with Crippen molar-refractivity contribution in [2.24, 2.45) is 17.3 Å². The molecular formula is C22H19F3N6O2. The Bertz CT molecular complexity index is 1400. The van der Waals surface area contributed by atoms with E-state index in [0.717, 1.165) is 16.8 Å². The highest BCUT2D eigenvalue weighted by Gasteiger charge is 2.30. The number of alkyl halides is 3. The van der Waals surface area contributed by atoms with Crippen LogP contribution in [-0.4, -0.2) is 24.3 Å². The molecule has 0 fully saturated rings. The highest BCUT2D eigenvalue weighted by atomic mass is 19.4. The Morgan fingerprint density at radius 1 is 0.909 bits per heavy atom. The summed E-state index contributed by atoms with van der Waals surface area (Å²) in [5.74, 6) is -0.409. The van der Waals surface area contributed by atoms with E-state index >= 15 is 0 Å². The van der Waals surface area contributed by atoms with Crippen molar-refractivity contribution in [1.82, 2.24) is 19.1 Å². The first-order chi connectivity index (χ1) is 15.6. The molecule has 2 aromatic heterocycles. The fourth-order valence-corrected chi connectivity index (χ4v) is 3.36. The molecule has 4 aromatic rings. The molecule has 0 saturated carbocycles. The van der Waals surface area contributed by atoms with E-state index in [2.05, 4.69) is 15.3 Å². The summed E-state index contributed by atoms with van der Waals surface area (Å²) in [6.07, 6.45) is -4.47. The first-order valence-corrected chi connectivity index (χ1v) is 9.81. The van der Waals surface area contributed by atoms with Crippen LogP contribution < -0.4 is 5.56 Å². The smallest absolute Gasteiger partial charge is 0.416 e. The largest absolute Gasteiger partial charge is 0.492 e. The number of nitrogens with zero attached hydrogens (tertiary/aromatic N) is 6. The van der Waals surface area contributed by atoms with E-state index in [1.807, 2.05) is 18.2 Å². The molecule has 0 aliphatic carbocycles. The number of aromatic hydroxyl groups is 1. The van der Waals surface area contributed by atoms with Crippen molar-refractivity contribution < 1.29 is 18.3 Å². The molecule has 33 heavy (non-hydrogen) atoms. The minimum absolute atomic E-state index is 0.00353. The standard InChI is InChI=1S/C22H19F3N6O2/c1-13-18(20(32)30(28-13)16-11-9-15(10-12-16)22(23,24)25)26-27-19-14(2)29(3)31(21(19)33)17-7-5-4-6-8-17/h4-12,32H,1-3H3/b27-26+. The number of aromatic nitrogens is 4. The summed E-state index contributed by atoms with van der Waals surface area (Å²) in [6, 6.07) is 13.2. The zero-order valence-electron chi connectivity index (χ0n) is 17.9. The van der Waals surface area contributed by atoms with Crippen molar-refractivity contribution in [3.8, 4) is 17.3 Å². The fourth-order valence-electron chi connectivity index (χ4n) is 3.36. The molecule has 2 heterocycles. The lowest BCUT2D eigenvalue weighted by molar-refractivity contribution is -0.137. The van der Waals surface area contributed by atoms with Crippen molar-refractivity contribution in [2.45, 2.75) is 20.0 Å². The number of halogens is 3. The Morgan fingerprint density at radius 2 is 1.52 bits per heavy atom. The second kappa shape index (κ2) is 8.08. The maximum Gasteiger partial charge on any atom is 0.416 e. The molecule has 2 aromatic carbocycles.